The molecule has 0 bridgehead atoms. The van der Waals surface area contributed by atoms with Crippen LogP contribution in [0.15, 0.2) is 29.2 Å². The summed E-state index contributed by atoms with van der Waals surface area (Å²) in [6, 6.07) is 6.28. The summed E-state index contributed by atoms with van der Waals surface area (Å²) >= 11 is 0. The van der Waals surface area contributed by atoms with E-state index in [1.54, 1.807) is 12.1 Å². The molecule has 29 heavy (non-hydrogen) atoms. The molecule has 1 aromatic rings. The number of ether oxygens (including phenoxy) is 1. The standard InChI is InChI=1S/C21H31N3O4S/c25-20(17-4-8-19(9-5-17)29(26,27)23-18-6-7-18)22-16-21(10-2-1-3-11-21)24-12-14-28-15-13-24/h4-5,8-9,18,23H,1-3,6-7,10-16H2,(H,22,25). The third-order valence-electron chi connectivity index (χ3n) is 6.37. The normalized spacial score (nSPS) is 22.9. The van der Waals surface area contributed by atoms with Crippen molar-refractivity contribution in [3.8, 4) is 0 Å². The van der Waals surface area contributed by atoms with E-state index in [2.05, 4.69) is 14.9 Å². The van der Waals surface area contributed by atoms with Crippen molar-refractivity contribution in [1.82, 2.24) is 14.9 Å². The summed E-state index contributed by atoms with van der Waals surface area (Å²) in [5.41, 5.74) is 0.498. The molecule has 0 atom stereocenters. The SMILES string of the molecule is O=C(NCC1(N2CCOCC2)CCCCC1)c1ccc(S(=O)(=O)NC2CC2)cc1. The lowest BCUT2D eigenvalue weighted by atomic mass is 9.79. The van der Waals surface area contributed by atoms with Crippen molar-refractivity contribution in [1.29, 1.82) is 0 Å². The second kappa shape index (κ2) is 8.71. The minimum atomic E-state index is -3.49. The first kappa shape index (κ1) is 20.8. The molecule has 0 spiro atoms. The molecule has 7 nitrogen and oxygen atoms in total. The van der Waals surface area contributed by atoms with E-state index in [9.17, 15) is 13.2 Å². The van der Waals surface area contributed by atoms with Gasteiger partial charge in [-0.1, -0.05) is 19.3 Å². The summed E-state index contributed by atoms with van der Waals surface area (Å²) in [6.45, 7) is 3.95. The molecule has 3 fully saturated rings. The first-order valence-corrected chi connectivity index (χ1v) is 12.2. The van der Waals surface area contributed by atoms with Crippen LogP contribution in [0.2, 0.25) is 0 Å². The van der Waals surface area contributed by atoms with Gasteiger partial charge in [-0.25, -0.2) is 13.1 Å². The molecule has 160 valence electrons. The summed E-state index contributed by atoms with van der Waals surface area (Å²) in [5.74, 6) is -0.151. The molecule has 3 aliphatic rings. The molecule has 1 aromatic carbocycles. The van der Waals surface area contributed by atoms with Gasteiger partial charge in [0.2, 0.25) is 10.0 Å². The number of nitrogens with one attached hydrogen (secondary N) is 2. The fourth-order valence-electron chi connectivity index (χ4n) is 4.47. The average molecular weight is 422 g/mol. The minimum absolute atomic E-state index is 0.00908. The molecular weight excluding hydrogens is 390 g/mol. The Hall–Kier alpha value is -1.48. The molecule has 2 saturated carbocycles. The van der Waals surface area contributed by atoms with Gasteiger partial charge in [0.15, 0.2) is 0 Å². The van der Waals surface area contributed by atoms with E-state index in [1.807, 2.05) is 0 Å². The second-order valence-corrected chi connectivity index (χ2v) is 10.2. The van der Waals surface area contributed by atoms with Crippen LogP contribution < -0.4 is 10.0 Å². The molecular formula is C21H31N3O4S. The lowest BCUT2D eigenvalue weighted by Gasteiger charge is -2.48. The van der Waals surface area contributed by atoms with Gasteiger partial charge >= 0.3 is 0 Å². The van der Waals surface area contributed by atoms with Gasteiger partial charge in [0, 0.05) is 36.8 Å². The minimum Gasteiger partial charge on any atom is -0.379 e. The third-order valence-corrected chi connectivity index (χ3v) is 7.91. The number of nitrogens with zero attached hydrogens (tertiary/aromatic N) is 1. The van der Waals surface area contributed by atoms with Crippen LogP contribution in [0.5, 0.6) is 0 Å². The lowest BCUT2D eigenvalue weighted by Crippen LogP contribution is -2.59. The summed E-state index contributed by atoms with van der Waals surface area (Å²) < 4.78 is 32.7. The Balaban J connectivity index is 1.40. The topological polar surface area (TPSA) is 87.7 Å². The number of sulfonamides is 1. The molecule has 2 aliphatic carbocycles. The number of benzene rings is 1. The molecule has 0 radical (unpaired) electrons. The Kier molecular flexibility index (Phi) is 6.24. The van der Waals surface area contributed by atoms with Gasteiger partial charge < -0.3 is 10.1 Å². The summed E-state index contributed by atoms with van der Waals surface area (Å²) in [5, 5.41) is 3.12. The Morgan fingerprint density at radius 2 is 1.72 bits per heavy atom. The fourth-order valence-corrected chi connectivity index (χ4v) is 5.78. The Morgan fingerprint density at radius 3 is 2.34 bits per heavy atom. The highest BCUT2D eigenvalue weighted by molar-refractivity contribution is 7.89. The fraction of sp³-hybridized carbons (Fsp3) is 0.667. The highest BCUT2D eigenvalue weighted by Crippen LogP contribution is 2.34. The van der Waals surface area contributed by atoms with Crippen molar-refractivity contribution < 1.29 is 17.9 Å². The van der Waals surface area contributed by atoms with E-state index in [-0.39, 0.29) is 22.4 Å². The van der Waals surface area contributed by atoms with Crippen LogP contribution in [0.1, 0.15) is 55.3 Å². The van der Waals surface area contributed by atoms with E-state index >= 15 is 0 Å². The van der Waals surface area contributed by atoms with Crippen molar-refractivity contribution in [3.63, 3.8) is 0 Å². The quantitative estimate of drug-likeness (QED) is 0.702. The van der Waals surface area contributed by atoms with Gasteiger partial charge in [-0.2, -0.15) is 0 Å². The number of rotatable bonds is 7. The molecule has 1 aliphatic heterocycles. The van der Waals surface area contributed by atoms with Crippen LogP contribution in [0, 0.1) is 0 Å². The summed E-state index contributed by atoms with van der Waals surface area (Å²) in [4.78, 5) is 15.4. The Bertz CT molecular complexity index is 809. The van der Waals surface area contributed by atoms with E-state index in [0.29, 0.717) is 12.1 Å². The van der Waals surface area contributed by atoms with Crippen LogP contribution in [-0.4, -0.2) is 63.7 Å². The molecule has 8 heteroatoms. The maximum absolute atomic E-state index is 12.7. The van der Waals surface area contributed by atoms with E-state index in [0.717, 1.165) is 52.0 Å². The van der Waals surface area contributed by atoms with Crippen LogP contribution in [0.3, 0.4) is 0 Å². The van der Waals surface area contributed by atoms with Gasteiger partial charge in [-0.05, 0) is 49.9 Å². The zero-order chi connectivity index (χ0) is 20.3. The van der Waals surface area contributed by atoms with Crippen molar-refractivity contribution in [2.24, 2.45) is 0 Å². The maximum Gasteiger partial charge on any atom is 0.251 e. The van der Waals surface area contributed by atoms with Gasteiger partial charge in [0.05, 0.1) is 18.1 Å². The molecule has 1 saturated heterocycles. The Morgan fingerprint density at radius 1 is 1.07 bits per heavy atom. The molecule has 2 N–H and O–H groups in total. The van der Waals surface area contributed by atoms with Crippen LogP contribution in [0.4, 0.5) is 0 Å². The number of hydrogen-bond acceptors (Lipinski definition) is 5. The van der Waals surface area contributed by atoms with Crippen molar-refractivity contribution in [2.45, 2.75) is 61.4 Å². The van der Waals surface area contributed by atoms with Gasteiger partial charge in [-0.15, -0.1) is 0 Å². The van der Waals surface area contributed by atoms with Crippen LogP contribution in [0.25, 0.3) is 0 Å². The van der Waals surface area contributed by atoms with E-state index < -0.39 is 10.0 Å². The molecule has 1 amide bonds. The van der Waals surface area contributed by atoms with E-state index in [4.69, 9.17) is 4.74 Å². The molecule has 4 rings (SSSR count). The monoisotopic (exact) mass is 421 g/mol. The van der Waals surface area contributed by atoms with Gasteiger partial charge in [0.1, 0.15) is 0 Å². The largest absolute Gasteiger partial charge is 0.379 e. The zero-order valence-corrected chi connectivity index (χ0v) is 17.7. The molecule has 1 heterocycles. The van der Waals surface area contributed by atoms with Crippen LogP contribution >= 0.6 is 0 Å². The van der Waals surface area contributed by atoms with Crippen LogP contribution in [-0.2, 0) is 14.8 Å². The first-order chi connectivity index (χ1) is 14.0. The van der Waals surface area contributed by atoms with Gasteiger partial charge in [0.25, 0.3) is 5.91 Å². The van der Waals surface area contributed by atoms with Crippen molar-refractivity contribution in [3.05, 3.63) is 29.8 Å². The van der Waals surface area contributed by atoms with Gasteiger partial charge in [-0.3, -0.25) is 9.69 Å². The van der Waals surface area contributed by atoms with Crippen molar-refractivity contribution >= 4 is 15.9 Å². The predicted molar refractivity (Wildman–Crippen MR) is 110 cm³/mol. The predicted octanol–water partition coefficient (Wildman–Crippen LogP) is 1.89. The molecule has 0 unspecified atom stereocenters. The Labute approximate surface area is 173 Å². The van der Waals surface area contributed by atoms with Crippen molar-refractivity contribution in [2.75, 3.05) is 32.8 Å². The number of carbonyl (C=O) groups is 1. The highest BCUT2D eigenvalue weighted by atomic mass is 32.2. The first-order valence-electron chi connectivity index (χ1n) is 10.7. The number of morpholine rings is 1. The highest BCUT2D eigenvalue weighted by Gasteiger charge is 2.38. The number of hydrogen-bond donors (Lipinski definition) is 2. The molecule has 0 aromatic heterocycles. The number of amides is 1. The maximum atomic E-state index is 12.7. The second-order valence-electron chi connectivity index (χ2n) is 8.49. The van der Waals surface area contributed by atoms with E-state index in [1.165, 1.54) is 31.4 Å². The lowest BCUT2D eigenvalue weighted by molar-refractivity contribution is -0.0361. The smallest absolute Gasteiger partial charge is 0.251 e. The third kappa shape index (κ3) is 4.99. The summed E-state index contributed by atoms with van der Waals surface area (Å²) in [7, 11) is -3.49. The summed E-state index contributed by atoms with van der Waals surface area (Å²) in [6.07, 6.45) is 7.61. The zero-order valence-electron chi connectivity index (χ0n) is 16.9. The average Bonchev–Trinajstić information content (AvgIpc) is 3.57. The number of carbonyl (C=O) groups excluding carboxylic acids is 1.